The van der Waals surface area contributed by atoms with Crippen molar-refractivity contribution in [3.63, 3.8) is 0 Å². The van der Waals surface area contributed by atoms with Crippen molar-refractivity contribution in [2.24, 2.45) is 0 Å². The van der Waals surface area contributed by atoms with Crippen LogP contribution in [0.15, 0.2) is 24.3 Å². The number of anilines is 1. The molecular formula is C14H19N3O. The van der Waals surface area contributed by atoms with Crippen molar-refractivity contribution in [1.82, 2.24) is 10.2 Å². The molecule has 2 aromatic rings. The average Bonchev–Trinajstić information content (AvgIpc) is 2.70. The van der Waals surface area contributed by atoms with Gasteiger partial charge in [-0.2, -0.15) is 5.10 Å². The largest absolute Gasteiger partial charge is 0.497 e. The SMILES string of the molecule is COc1cccc(C(C)Nc2c(C)n[nH]c2C)c1. The van der Waals surface area contributed by atoms with E-state index >= 15 is 0 Å². The zero-order valence-corrected chi connectivity index (χ0v) is 11.2. The van der Waals surface area contributed by atoms with E-state index in [2.05, 4.69) is 28.5 Å². The number of aromatic nitrogens is 2. The van der Waals surface area contributed by atoms with Crippen molar-refractivity contribution in [2.45, 2.75) is 26.8 Å². The summed E-state index contributed by atoms with van der Waals surface area (Å²) in [6.07, 6.45) is 0. The fourth-order valence-electron chi connectivity index (χ4n) is 1.97. The topological polar surface area (TPSA) is 49.9 Å². The molecule has 18 heavy (non-hydrogen) atoms. The van der Waals surface area contributed by atoms with E-state index < -0.39 is 0 Å². The Morgan fingerprint density at radius 3 is 2.72 bits per heavy atom. The second-order valence-corrected chi connectivity index (χ2v) is 4.45. The fourth-order valence-corrected chi connectivity index (χ4v) is 1.97. The fraction of sp³-hybridized carbons (Fsp3) is 0.357. The minimum atomic E-state index is 0.204. The number of aryl methyl sites for hydroxylation is 2. The van der Waals surface area contributed by atoms with Gasteiger partial charge in [-0.25, -0.2) is 0 Å². The summed E-state index contributed by atoms with van der Waals surface area (Å²) in [7, 11) is 1.68. The number of rotatable bonds is 4. The molecule has 0 spiro atoms. The monoisotopic (exact) mass is 245 g/mol. The van der Waals surface area contributed by atoms with E-state index in [1.54, 1.807) is 7.11 Å². The molecule has 0 amide bonds. The molecule has 1 aromatic heterocycles. The van der Waals surface area contributed by atoms with Crippen LogP contribution in [0, 0.1) is 13.8 Å². The van der Waals surface area contributed by atoms with Gasteiger partial charge in [0.2, 0.25) is 0 Å². The standard InChI is InChI=1S/C14H19N3O/c1-9(12-6-5-7-13(8-12)18-4)15-14-10(2)16-17-11(14)3/h5-9,15H,1-4H3,(H,16,17). The molecule has 0 bridgehead atoms. The van der Waals surface area contributed by atoms with Crippen LogP contribution in [0.2, 0.25) is 0 Å². The van der Waals surface area contributed by atoms with Crippen molar-refractivity contribution < 1.29 is 4.74 Å². The summed E-state index contributed by atoms with van der Waals surface area (Å²) in [6, 6.07) is 8.29. The van der Waals surface area contributed by atoms with Crippen molar-refractivity contribution in [1.29, 1.82) is 0 Å². The Hall–Kier alpha value is -1.97. The Labute approximate surface area is 107 Å². The van der Waals surface area contributed by atoms with Gasteiger partial charge < -0.3 is 10.1 Å². The van der Waals surface area contributed by atoms with E-state index in [-0.39, 0.29) is 6.04 Å². The van der Waals surface area contributed by atoms with E-state index in [0.29, 0.717) is 0 Å². The van der Waals surface area contributed by atoms with E-state index in [0.717, 1.165) is 22.8 Å². The van der Waals surface area contributed by atoms with Crippen molar-refractivity contribution >= 4 is 5.69 Å². The number of aromatic amines is 1. The smallest absolute Gasteiger partial charge is 0.119 e. The predicted molar refractivity (Wildman–Crippen MR) is 73.1 cm³/mol. The van der Waals surface area contributed by atoms with Crippen LogP contribution in [0.1, 0.15) is 29.9 Å². The first-order valence-electron chi connectivity index (χ1n) is 6.04. The molecule has 4 heteroatoms. The highest BCUT2D eigenvalue weighted by Gasteiger charge is 2.11. The summed E-state index contributed by atoms with van der Waals surface area (Å²) in [5, 5.41) is 10.6. The van der Waals surface area contributed by atoms with Gasteiger partial charge in [0.1, 0.15) is 5.75 Å². The van der Waals surface area contributed by atoms with Gasteiger partial charge in [0.25, 0.3) is 0 Å². The molecule has 4 nitrogen and oxygen atoms in total. The van der Waals surface area contributed by atoms with E-state index in [1.165, 1.54) is 5.56 Å². The molecule has 0 saturated carbocycles. The molecule has 1 heterocycles. The number of methoxy groups -OCH3 is 1. The summed E-state index contributed by atoms with van der Waals surface area (Å²) >= 11 is 0. The summed E-state index contributed by atoms with van der Waals surface area (Å²) in [6.45, 7) is 6.13. The molecule has 1 unspecified atom stereocenters. The minimum Gasteiger partial charge on any atom is -0.497 e. The Morgan fingerprint density at radius 1 is 1.33 bits per heavy atom. The molecule has 1 atom stereocenters. The highest BCUT2D eigenvalue weighted by atomic mass is 16.5. The predicted octanol–water partition coefficient (Wildman–Crippen LogP) is 3.21. The Balaban J connectivity index is 2.19. The lowest BCUT2D eigenvalue weighted by Gasteiger charge is -2.16. The quantitative estimate of drug-likeness (QED) is 0.869. The Morgan fingerprint density at radius 2 is 2.11 bits per heavy atom. The normalized spacial score (nSPS) is 12.2. The van der Waals surface area contributed by atoms with Gasteiger partial charge in [0.05, 0.1) is 24.2 Å². The molecule has 0 saturated heterocycles. The molecule has 1 aromatic carbocycles. The van der Waals surface area contributed by atoms with Gasteiger partial charge in [-0.05, 0) is 38.5 Å². The first-order chi connectivity index (χ1) is 8.61. The van der Waals surface area contributed by atoms with Crippen LogP contribution in [0.5, 0.6) is 5.75 Å². The van der Waals surface area contributed by atoms with Crippen molar-refractivity contribution in [3.05, 3.63) is 41.2 Å². The van der Waals surface area contributed by atoms with E-state index in [4.69, 9.17) is 4.74 Å². The molecule has 0 aliphatic rings. The molecule has 2 rings (SSSR count). The molecule has 96 valence electrons. The average molecular weight is 245 g/mol. The van der Waals surface area contributed by atoms with Crippen LogP contribution >= 0.6 is 0 Å². The molecule has 0 aliphatic carbocycles. The van der Waals surface area contributed by atoms with Crippen LogP contribution < -0.4 is 10.1 Å². The lowest BCUT2D eigenvalue weighted by atomic mass is 10.1. The van der Waals surface area contributed by atoms with Crippen LogP contribution in [0.25, 0.3) is 0 Å². The maximum atomic E-state index is 5.24. The van der Waals surface area contributed by atoms with Gasteiger partial charge in [-0.3, -0.25) is 5.10 Å². The Bertz CT molecular complexity index is 514. The molecular weight excluding hydrogens is 226 g/mol. The highest BCUT2D eigenvalue weighted by Crippen LogP contribution is 2.25. The Kier molecular flexibility index (Phi) is 3.55. The number of benzene rings is 1. The number of H-pyrrole nitrogens is 1. The summed E-state index contributed by atoms with van der Waals surface area (Å²) in [4.78, 5) is 0. The maximum Gasteiger partial charge on any atom is 0.119 e. The van der Waals surface area contributed by atoms with Crippen LogP contribution in [-0.2, 0) is 0 Å². The van der Waals surface area contributed by atoms with Gasteiger partial charge in [-0.1, -0.05) is 12.1 Å². The third-order valence-electron chi connectivity index (χ3n) is 3.08. The molecule has 2 N–H and O–H groups in total. The van der Waals surface area contributed by atoms with Crippen LogP contribution in [0.4, 0.5) is 5.69 Å². The second-order valence-electron chi connectivity index (χ2n) is 4.45. The van der Waals surface area contributed by atoms with Gasteiger partial charge >= 0.3 is 0 Å². The molecule has 0 aliphatic heterocycles. The molecule has 0 fully saturated rings. The van der Waals surface area contributed by atoms with Gasteiger partial charge in [-0.15, -0.1) is 0 Å². The van der Waals surface area contributed by atoms with Crippen LogP contribution in [-0.4, -0.2) is 17.3 Å². The zero-order chi connectivity index (χ0) is 13.1. The lowest BCUT2D eigenvalue weighted by Crippen LogP contribution is -2.08. The number of ether oxygens (including phenoxy) is 1. The van der Waals surface area contributed by atoms with Gasteiger partial charge in [0, 0.05) is 6.04 Å². The highest BCUT2D eigenvalue weighted by molar-refractivity contribution is 5.53. The van der Waals surface area contributed by atoms with E-state index in [9.17, 15) is 0 Å². The zero-order valence-electron chi connectivity index (χ0n) is 11.2. The van der Waals surface area contributed by atoms with Crippen LogP contribution in [0.3, 0.4) is 0 Å². The third-order valence-corrected chi connectivity index (χ3v) is 3.08. The second kappa shape index (κ2) is 5.12. The first kappa shape index (κ1) is 12.5. The number of hydrogen-bond acceptors (Lipinski definition) is 3. The number of nitrogens with one attached hydrogen (secondary N) is 2. The van der Waals surface area contributed by atoms with Crippen molar-refractivity contribution in [3.8, 4) is 5.75 Å². The summed E-state index contributed by atoms with van der Waals surface area (Å²) in [5.41, 5.74) is 4.31. The van der Waals surface area contributed by atoms with Crippen molar-refractivity contribution in [2.75, 3.05) is 12.4 Å². The van der Waals surface area contributed by atoms with Gasteiger partial charge in [0.15, 0.2) is 0 Å². The third kappa shape index (κ3) is 2.47. The minimum absolute atomic E-state index is 0.204. The lowest BCUT2D eigenvalue weighted by molar-refractivity contribution is 0.414. The maximum absolute atomic E-state index is 5.24. The number of nitrogens with zero attached hydrogens (tertiary/aromatic N) is 1. The molecule has 0 radical (unpaired) electrons. The summed E-state index contributed by atoms with van der Waals surface area (Å²) < 4.78 is 5.24. The summed E-state index contributed by atoms with van der Waals surface area (Å²) in [5.74, 6) is 0.877. The first-order valence-corrected chi connectivity index (χ1v) is 6.04. The number of hydrogen-bond donors (Lipinski definition) is 2. The van der Waals surface area contributed by atoms with E-state index in [1.807, 2.05) is 32.0 Å².